The lowest BCUT2D eigenvalue weighted by Crippen LogP contribution is -2.45. The molecule has 3 heteroatoms. The Kier molecular flexibility index (Phi) is 6.22. The predicted octanol–water partition coefficient (Wildman–Crippen LogP) is 1.01. The van der Waals surface area contributed by atoms with Crippen LogP contribution in [0.5, 0.6) is 0 Å². The van der Waals surface area contributed by atoms with Crippen molar-refractivity contribution in [2.75, 3.05) is 47.3 Å². The molecule has 0 aromatic rings. The number of hydrogen-bond acceptors (Lipinski definition) is 3. The van der Waals surface area contributed by atoms with Gasteiger partial charge in [-0.25, -0.2) is 0 Å². The van der Waals surface area contributed by atoms with Crippen LogP contribution in [0.25, 0.3) is 0 Å². The van der Waals surface area contributed by atoms with Crippen molar-refractivity contribution in [2.24, 2.45) is 0 Å². The summed E-state index contributed by atoms with van der Waals surface area (Å²) in [6, 6.07) is 0.783. The molecule has 1 atom stereocenters. The summed E-state index contributed by atoms with van der Waals surface area (Å²) in [5.41, 5.74) is 0. The minimum atomic E-state index is 0.783. The van der Waals surface area contributed by atoms with E-state index < -0.39 is 0 Å². The molecule has 1 unspecified atom stereocenters. The molecule has 1 rings (SSSR count). The molecule has 15 heavy (non-hydrogen) atoms. The van der Waals surface area contributed by atoms with Crippen molar-refractivity contribution in [3.05, 3.63) is 0 Å². The Hall–Kier alpha value is -0.120. The van der Waals surface area contributed by atoms with Gasteiger partial charge in [0.2, 0.25) is 0 Å². The maximum atomic E-state index is 3.31. The fraction of sp³-hybridized carbons (Fsp3) is 1.00. The molecule has 0 aliphatic carbocycles. The van der Waals surface area contributed by atoms with Crippen LogP contribution in [0.2, 0.25) is 0 Å². The van der Waals surface area contributed by atoms with Crippen LogP contribution in [-0.2, 0) is 0 Å². The van der Waals surface area contributed by atoms with Crippen molar-refractivity contribution < 1.29 is 0 Å². The second kappa shape index (κ2) is 7.20. The molecule has 1 N–H and O–H groups in total. The van der Waals surface area contributed by atoms with Crippen LogP contribution in [0.1, 0.15) is 25.7 Å². The van der Waals surface area contributed by atoms with E-state index in [-0.39, 0.29) is 0 Å². The van der Waals surface area contributed by atoms with E-state index in [0.717, 1.165) is 12.6 Å². The summed E-state index contributed by atoms with van der Waals surface area (Å²) >= 11 is 0. The van der Waals surface area contributed by atoms with Gasteiger partial charge in [-0.2, -0.15) is 0 Å². The van der Waals surface area contributed by atoms with Crippen LogP contribution in [0.3, 0.4) is 0 Å². The Morgan fingerprint density at radius 3 is 2.80 bits per heavy atom. The summed E-state index contributed by atoms with van der Waals surface area (Å²) in [6.07, 6.45) is 5.48. The summed E-state index contributed by atoms with van der Waals surface area (Å²) in [5, 5.41) is 3.31. The SMILES string of the molecule is CNCC1CCCCN1CCCN(C)C. The number of hydrogen-bond donors (Lipinski definition) is 1. The maximum absolute atomic E-state index is 3.31. The van der Waals surface area contributed by atoms with Crippen LogP contribution in [0, 0.1) is 0 Å². The molecule has 1 aliphatic rings. The van der Waals surface area contributed by atoms with Crippen LogP contribution >= 0.6 is 0 Å². The smallest absolute Gasteiger partial charge is 0.0220 e. The quantitative estimate of drug-likeness (QED) is 0.710. The molecule has 0 saturated carbocycles. The fourth-order valence-electron chi connectivity index (χ4n) is 2.41. The van der Waals surface area contributed by atoms with Crippen molar-refractivity contribution in [1.82, 2.24) is 15.1 Å². The number of rotatable bonds is 6. The van der Waals surface area contributed by atoms with Gasteiger partial charge < -0.3 is 10.2 Å². The highest BCUT2D eigenvalue weighted by Gasteiger charge is 2.20. The molecule has 0 bridgehead atoms. The van der Waals surface area contributed by atoms with Gasteiger partial charge >= 0.3 is 0 Å². The first-order valence-corrected chi connectivity index (χ1v) is 6.27. The van der Waals surface area contributed by atoms with Crippen molar-refractivity contribution in [3.8, 4) is 0 Å². The highest BCUT2D eigenvalue weighted by atomic mass is 15.2. The minimum absolute atomic E-state index is 0.783. The van der Waals surface area contributed by atoms with Crippen molar-refractivity contribution >= 4 is 0 Å². The van der Waals surface area contributed by atoms with E-state index in [0.29, 0.717) is 0 Å². The van der Waals surface area contributed by atoms with Crippen LogP contribution in [0.15, 0.2) is 0 Å². The topological polar surface area (TPSA) is 18.5 Å². The van der Waals surface area contributed by atoms with Gasteiger partial charge in [0.15, 0.2) is 0 Å². The molecule has 1 fully saturated rings. The number of nitrogens with one attached hydrogen (secondary N) is 1. The summed E-state index contributed by atoms with van der Waals surface area (Å²) in [5.74, 6) is 0. The van der Waals surface area contributed by atoms with Gasteiger partial charge in [0.1, 0.15) is 0 Å². The first-order chi connectivity index (χ1) is 7.24. The third kappa shape index (κ3) is 4.96. The molecule has 0 spiro atoms. The molecular weight excluding hydrogens is 186 g/mol. The van der Waals surface area contributed by atoms with E-state index in [2.05, 4.69) is 36.3 Å². The lowest BCUT2D eigenvalue weighted by molar-refractivity contribution is 0.141. The highest BCUT2D eigenvalue weighted by Crippen LogP contribution is 2.16. The van der Waals surface area contributed by atoms with Gasteiger partial charge in [-0.15, -0.1) is 0 Å². The fourth-order valence-corrected chi connectivity index (χ4v) is 2.41. The first kappa shape index (κ1) is 12.9. The second-order valence-corrected chi connectivity index (χ2v) is 4.90. The lowest BCUT2D eigenvalue weighted by atomic mass is 10.0. The van der Waals surface area contributed by atoms with E-state index in [1.54, 1.807) is 0 Å². The standard InChI is InChI=1S/C12H27N3/c1-13-11-12-7-4-5-9-15(12)10-6-8-14(2)3/h12-13H,4-11H2,1-3H3. The molecule has 1 saturated heterocycles. The van der Waals surface area contributed by atoms with Gasteiger partial charge in [0.05, 0.1) is 0 Å². The van der Waals surface area contributed by atoms with Crippen molar-refractivity contribution in [1.29, 1.82) is 0 Å². The Morgan fingerprint density at radius 2 is 2.13 bits per heavy atom. The summed E-state index contributed by atoms with van der Waals surface area (Å²) in [6.45, 7) is 4.94. The van der Waals surface area contributed by atoms with Gasteiger partial charge in [-0.05, 0) is 60.0 Å². The Balaban J connectivity index is 2.23. The largest absolute Gasteiger partial charge is 0.318 e. The molecule has 90 valence electrons. The van der Waals surface area contributed by atoms with Gasteiger partial charge in [0.25, 0.3) is 0 Å². The molecule has 0 radical (unpaired) electrons. The predicted molar refractivity (Wildman–Crippen MR) is 66.3 cm³/mol. The molecule has 0 aromatic heterocycles. The number of nitrogens with zero attached hydrogens (tertiary/aromatic N) is 2. The maximum Gasteiger partial charge on any atom is 0.0220 e. The van der Waals surface area contributed by atoms with Crippen LogP contribution in [-0.4, -0.2) is 63.2 Å². The van der Waals surface area contributed by atoms with Gasteiger partial charge in [-0.1, -0.05) is 6.42 Å². The number of likely N-dealkylation sites (N-methyl/N-ethyl adjacent to an activating group) is 1. The van der Waals surface area contributed by atoms with E-state index in [4.69, 9.17) is 0 Å². The zero-order valence-electron chi connectivity index (χ0n) is 10.6. The third-order valence-electron chi connectivity index (χ3n) is 3.24. The van der Waals surface area contributed by atoms with E-state index in [9.17, 15) is 0 Å². The average Bonchev–Trinajstić information content (AvgIpc) is 2.20. The van der Waals surface area contributed by atoms with Crippen LogP contribution in [0.4, 0.5) is 0 Å². The van der Waals surface area contributed by atoms with E-state index in [1.165, 1.54) is 45.3 Å². The Labute approximate surface area is 94.8 Å². The lowest BCUT2D eigenvalue weighted by Gasteiger charge is -2.35. The number of likely N-dealkylation sites (tertiary alicyclic amines) is 1. The molecular formula is C12H27N3. The summed E-state index contributed by atoms with van der Waals surface area (Å²) in [7, 11) is 6.37. The summed E-state index contributed by atoms with van der Waals surface area (Å²) in [4.78, 5) is 4.94. The molecule has 3 nitrogen and oxygen atoms in total. The monoisotopic (exact) mass is 213 g/mol. The normalized spacial score (nSPS) is 23.6. The second-order valence-electron chi connectivity index (χ2n) is 4.90. The Bertz CT molecular complexity index is 157. The zero-order chi connectivity index (χ0) is 11.1. The van der Waals surface area contributed by atoms with E-state index >= 15 is 0 Å². The molecule has 0 aromatic carbocycles. The molecule has 1 heterocycles. The minimum Gasteiger partial charge on any atom is -0.318 e. The van der Waals surface area contributed by atoms with Crippen molar-refractivity contribution in [3.63, 3.8) is 0 Å². The van der Waals surface area contributed by atoms with Crippen LogP contribution < -0.4 is 5.32 Å². The highest BCUT2D eigenvalue weighted by molar-refractivity contribution is 4.78. The number of piperidine rings is 1. The zero-order valence-corrected chi connectivity index (χ0v) is 10.6. The summed E-state index contributed by atoms with van der Waals surface area (Å²) < 4.78 is 0. The molecule has 0 amide bonds. The Morgan fingerprint density at radius 1 is 1.33 bits per heavy atom. The third-order valence-corrected chi connectivity index (χ3v) is 3.24. The van der Waals surface area contributed by atoms with Gasteiger partial charge in [0, 0.05) is 12.6 Å². The molecule has 1 aliphatic heterocycles. The van der Waals surface area contributed by atoms with Gasteiger partial charge in [-0.3, -0.25) is 4.90 Å². The average molecular weight is 213 g/mol. The van der Waals surface area contributed by atoms with E-state index in [1.807, 2.05) is 0 Å². The first-order valence-electron chi connectivity index (χ1n) is 6.27. The van der Waals surface area contributed by atoms with Crippen molar-refractivity contribution in [2.45, 2.75) is 31.7 Å².